The number of hydrogen-bond acceptors (Lipinski definition) is 3. The molecular weight excluding hydrogens is 264 g/mol. The van der Waals surface area contributed by atoms with E-state index in [-0.39, 0.29) is 11.8 Å². The van der Waals surface area contributed by atoms with Crippen molar-refractivity contribution in [2.75, 3.05) is 6.61 Å². The molecule has 0 heterocycles. The quantitative estimate of drug-likeness (QED) is 0.643. The van der Waals surface area contributed by atoms with Gasteiger partial charge in [0.05, 0.1) is 12.8 Å². The Morgan fingerprint density at radius 1 is 1.29 bits per heavy atom. The number of benzene rings is 1. The molecule has 4 heteroatoms. The van der Waals surface area contributed by atoms with Gasteiger partial charge in [-0.2, -0.15) is 5.10 Å². The Morgan fingerprint density at radius 3 is 2.67 bits per heavy atom. The highest BCUT2D eigenvalue weighted by atomic mass is 16.5. The summed E-state index contributed by atoms with van der Waals surface area (Å²) >= 11 is 0. The minimum absolute atomic E-state index is 0.0499. The predicted octanol–water partition coefficient (Wildman–Crippen LogP) is 3.51. The first kappa shape index (κ1) is 15.5. The SMILES string of the molecule is CCCOc1ccc(C=NNC(=O)C2CCCCC2)cc1. The minimum atomic E-state index is 0.0499. The van der Waals surface area contributed by atoms with Crippen LogP contribution in [0.5, 0.6) is 5.75 Å². The molecule has 0 radical (unpaired) electrons. The third-order valence-corrected chi connectivity index (χ3v) is 3.72. The Hall–Kier alpha value is -1.84. The average molecular weight is 288 g/mol. The van der Waals surface area contributed by atoms with Gasteiger partial charge in [-0.3, -0.25) is 4.79 Å². The van der Waals surface area contributed by atoms with E-state index in [1.54, 1.807) is 6.21 Å². The van der Waals surface area contributed by atoms with E-state index in [1.807, 2.05) is 24.3 Å². The summed E-state index contributed by atoms with van der Waals surface area (Å²) in [6.07, 6.45) is 8.21. The molecule has 2 rings (SSSR count). The van der Waals surface area contributed by atoms with E-state index in [1.165, 1.54) is 6.42 Å². The molecule has 1 saturated carbocycles. The van der Waals surface area contributed by atoms with Crippen LogP contribution in [-0.2, 0) is 4.79 Å². The van der Waals surface area contributed by atoms with Gasteiger partial charge < -0.3 is 4.74 Å². The molecule has 0 atom stereocenters. The fourth-order valence-electron chi connectivity index (χ4n) is 2.50. The molecule has 0 bridgehead atoms. The lowest BCUT2D eigenvalue weighted by molar-refractivity contribution is -0.125. The zero-order valence-corrected chi connectivity index (χ0v) is 12.7. The third kappa shape index (κ3) is 5.21. The molecular formula is C17H24N2O2. The summed E-state index contributed by atoms with van der Waals surface area (Å²) in [7, 11) is 0. The zero-order chi connectivity index (χ0) is 14.9. The van der Waals surface area contributed by atoms with Gasteiger partial charge in [0.1, 0.15) is 5.75 Å². The lowest BCUT2D eigenvalue weighted by Crippen LogP contribution is -2.28. The maximum Gasteiger partial charge on any atom is 0.243 e. The normalized spacial score (nSPS) is 16.0. The number of amides is 1. The molecule has 0 aliphatic heterocycles. The topological polar surface area (TPSA) is 50.7 Å². The van der Waals surface area contributed by atoms with Crippen LogP contribution in [0, 0.1) is 5.92 Å². The predicted molar refractivity (Wildman–Crippen MR) is 84.5 cm³/mol. The van der Waals surface area contributed by atoms with Gasteiger partial charge >= 0.3 is 0 Å². The second-order valence-corrected chi connectivity index (χ2v) is 5.49. The van der Waals surface area contributed by atoms with Crippen molar-refractivity contribution < 1.29 is 9.53 Å². The summed E-state index contributed by atoms with van der Waals surface area (Å²) in [5.74, 6) is 1.05. The Balaban J connectivity index is 1.79. The largest absolute Gasteiger partial charge is 0.494 e. The monoisotopic (exact) mass is 288 g/mol. The maximum absolute atomic E-state index is 11.9. The van der Waals surface area contributed by atoms with E-state index < -0.39 is 0 Å². The minimum Gasteiger partial charge on any atom is -0.494 e. The fourth-order valence-corrected chi connectivity index (χ4v) is 2.50. The first-order valence-corrected chi connectivity index (χ1v) is 7.85. The van der Waals surface area contributed by atoms with E-state index in [9.17, 15) is 4.79 Å². The number of carbonyl (C=O) groups excluding carboxylic acids is 1. The highest BCUT2D eigenvalue weighted by molar-refractivity contribution is 5.83. The van der Waals surface area contributed by atoms with Crippen LogP contribution in [0.2, 0.25) is 0 Å². The Labute approximate surface area is 126 Å². The summed E-state index contributed by atoms with van der Waals surface area (Å²) in [5.41, 5.74) is 3.60. The summed E-state index contributed by atoms with van der Waals surface area (Å²) < 4.78 is 5.52. The van der Waals surface area contributed by atoms with Crippen molar-refractivity contribution in [3.8, 4) is 5.75 Å². The van der Waals surface area contributed by atoms with E-state index in [0.717, 1.165) is 50.0 Å². The third-order valence-electron chi connectivity index (χ3n) is 3.72. The Morgan fingerprint density at radius 2 is 2.00 bits per heavy atom. The van der Waals surface area contributed by atoms with Crippen LogP contribution in [-0.4, -0.2) is 18.7 Å². The van der Waals surface area contributed by atoms with E-state index >= 15 is 0 Å². The van der Waals surface area contributed by atoms with Crippen LogP contribution in [0.25, 0.3) is 0 Å². The molecule has 1 aromatic rings. The first-order chi connectivity index (χ1) is 10.3. The molecule has 1 aliphatic carbocycles. The molecule has 1 aromatic carbocycles. The highest BCUT2D eigenvalue weighted by Crippen LogP contribution is 2.23. The van der Waals surface area contributed by atoms with Gasteiger partial charge in [0.2, 0.25) is 5.91 Å². The van der Waals surface area contributed by atoms with Gasteiger partial charge in [-0.05, 0) is 49.1 Å². The van der Waals surface area contributed by atoms with Gasteiger partial charge in [0.15, 0.2) is 0 Å². The number of rotatable bonds is 6. The molecule has 21 heavy (non-hydrogen) atoms. The summed E-state index contributed by atoms with van der Waals surface area (Å²) in [6.45, 7) is 2.81. The van der Waals surface area contributed by atoms with Crippen molar-refractivity contribution in [3.05, 3.63) is 29.8 Å². The second kappa shape index (κ2) is 8.45. The number of nitrogens with one attached hydrogen (secondary N) is 1. The van der Waals surface area contributed by atoms with Crippen LogP contribution in [0.1, 0.15) is 51.0 Å². The van der Waals surface area contributed by atoms with Crippen LogP contribution >= 0.6 is 0 Å². The number of ether oxygens (including phenoxy) is 1. The van der Waals surface area contributed by atoms with Crippen molar-refractivity contribution in [2.24, 2.45) is 11.0 Å². The van der Waals surface area contributed by atoms with E-state index in [0.29, 0.717) is 0 Å². The van der Waals surface area contributed by atoms with Crippen molar-refractivity contribution in [1.82, 2.24) is 5.43 Å². The number of hydrazone groups is 1. The molecule has 1 N–H and O–H groups in total. The zero-order valence-electron chi connectivity index (χ0n) is 12.7. The molecule has 1 aliphatic rings. The number of hydrogen-bond donors (Lipinski definition) is 1. The maximum atomic E-state index is 11.9. The second-order valence-electron chi connectivity index (χ2n) is 5.49. The first-order valence-electron chi connectivity index (χ1n) is 7.85. The molecule has 1 amide bonds. The fraction of sp³-hybridized carbons (Fsp3) is 0.529. The van der Waals surface area contributed by atoms with Crippen LogP contribution < -0.4 is 10.2 Å². The van der Waals surface area contributed by atoms with Gasteiger partial charge in [-0.25, -0.2) is 5.43 Å². The lowest BCUT2D eigenvalue weighted by atomic mass is 9.89. The molecule has 4 nitrogen and oxygen atoms in total. The van der Waals surface area contributed by atoms with Crippen molar-refractivity contribution >= 4 is 12.1 Å². The van der Waals surface area contributed by atoms with Crippen LogP contribution in [0.3, 0.4) is 0 Å². The smallest absolute Gasteiger partial charge is 0.243 e. The summed E-state index contributed by atoms with van der Waals surface area (Å²) in [4.78, 5) is 11.9. The molecule has 0 spiro atoms. The summed E-state index contributed by atoms with van der Waals surface area (Å²) in [6, 6.07) is 7.70. The van der Waals surface area contributed by atoms with E-state index in [4.69, 9.17) is 4.74 Å². The molecule has 0 unspecified atom stereocenters. The molecule has 0 saturated heterocycles. The highest BCUT2D eigenvalue weighted by Gasteiger charge is 2.20. The number of nitrogens with zero attached hydrogens (tertiary/aromatic N) is 1. The standard InChI is InChI=1S/C17H24N2O2/c1-2-12-21-16-10-8-14(9-11-16)13-18-19-17(20)15-6-4-3-5-7-15/h8-11,13,15H,2-7,12H2,1H3,(H,19,20). The van der Waals surface area contributed by atoms with Gasteiger partial charge in [-0.1, -0.05) is 26.2 Å². The van der Waals surface area contributed by atoms with Crippen molar-refractivity contribution in [2.45, 2.75) is 45.4 Å². The Kier molecular flexibility index (Phi) is 6.25. The molecule has 1 fully saturated rings. The number of carbonyl (C=O) groups is 1. The van der Waals surface area contributed by atoms with Crippen LogP contribution in [0.15, 0.2) is 29.4 Å². The van der Waals surface area contributed by atoms with Crippen molar-refractivity contribution in [1.29, 1.82) is 0 Å². The molecule has 114 valence electrons. The van der Waals surface area contributed by atoms with Gasteiger partial charge in [0.25, 0.3) is 0 Å². The van der Waals surface area contributed by atoms with Crippen LogP contribution in [0.4, 0.5) is 0 Å². The molecule has 0 aromatic heterocycles. The van der Waals surface area contributed by atoms with E-state index in [2.05, 4.69) is 17.5 Å². The van der Waals surface area contributed by atoms with Gasteiger partial charge in [0, 0.05) is 5.92 Å². The van der Waals surface area contributed by atoms with Gasteiger partial charge in [-0.15, -0.1) is 0 Å². The average Bonchev–Trinajstić information content (AvgIpc) is 2.55. The van der Waals surface area contributed by atoms with Crippen molar-refractivity contribution in [3.63, 3.8) is 0 Å². The summed E-state index contributed by atoms with van der Waals surface area (Å²) in [5, 5.41) is 4.04. The Bertz CT molecular complexity index is 462. The lowest BCUT2D eigenvalue weighted by Gasteiger charge is -2.19.